The lowest BCUT2D eigenvalue weighted by Crippen LogP contribution is -2.32. The third-order valence-electron chi connectivity index (χ3n) is 3.34. The van der Waals surface area contributed by atoms with Crippen molar-refractivity contribution in [1.29, 1.82) is 0 Å². The number of nitrogens with zero attached hydrogens (tertiary/aromatic N) is 1. The minimum Gasteiger partial charge on any atom is -0.355 e. The summed E-state index contributed by atoms with van der Waals surface area (Å²) in [5.74, 6) is 0.672. The van der Waals surface area contributed by atoms with Crippen LogP contribution in [0.4, 0.5) is 0 Å². The van der Waals surface area contributed by atoms with E-state index < -0.39 is 0 Å². The molecule has 3 N–H and O–H groups in total. The molecule has 0 aliphatic heterocycles. The molecule has 0 aromatic carbocycles. The molecule has 0 heterocycles. The third-order valence-corrected chi connectivity index (χ3v) is 3.34. The molecule has 4 heteroatoms. The molecule has 4 nitrogen and oxygen atoms in total. The van der Waals surface area contributed by atoms with Crippen LogP contribution in [0, 0.1) is 11.3 Å². The second kappa shape index (κ2) is 8.48. The molecule has 0 fully saturated rings. The number of hydrogen-bond acceptors (Lipinski definition) is 3. The Labute approximate surface area is 112 Å². The number of nitrogens with one attached hydrogen (secondary N) is 1. The van der Waals surface area contributed by atoms with Gasteiger partial charge in [0.25, 0.3) is 0 Å². The van der Waals surface area contributed by atoms with E-state index in [1.807, 2.05) is 14.1 Å². The molecule has 0 saturated heterocycles. The van der Waals surface area contributed by atoms with Crippen LogP contribution in [-0.2, 0) is 4.79 Å². The van der Waals surface area contributed by atoms with E-state index in [9.17, 15) is 4.79 Å². The first kappa shape index (κ1) is 17.4. The van der Waals surface area contributed by atoms with Gasteiger partial charge in [0.05, 0.1) is 0 Å². The lowest BCUT2D eigenvalue weighted by Gasteiger charge is -2.30. The number of likely N-dealkylation sites (N-methyl/N-ethyl adjacent to an activating group) is 1. The molecule has 108 valence electrons. The Balaban J connectivity index is 3.93. The van der Waals surface area contributed by atoms with Crippen molar-refractivity contribution in [2.24, 2.45) is 17.1 Å². The highest BCUT2D eigenvalue weighted by Gasteiger charge is 2.24. The molecular weight excluding hydrogens is 226 g/mol. The van der Waals surface area contributed by atoms with Crippen LogP contribution in [0.25, 0.3) is 0 Å². The average Bonchev–Trinajstić information content (AvgIpc) is 2.21. The number of rotatable bonds is 8. The average molecular weight is 257 g/mol. The summed E-state index contributed by atoms with van der Waals surface area (Å²) in [5.41, 5.74) is 5.87. The van der Waals surface area contributed by atoms with E-state index in [2.05, 4.69) is 31.0 Å². The van der Waals surface area contributed by atoms with Crippen molar-refractivity contribution in [2.45, 2.75) is 40.0 Å². The molecule has 0 aliphatic carbocycles. The zero-order valence-corrected chi connectivity index (χ0v) is 12.8. The highest BCUT2D eigenvalue weighted by Crippen LogP contribution is 2.31. The Kier molecular flexibility index (Phi) is 8.20. The summed E-state index contributed by atoms with van der Waals surface area (Å²) in [5, 5.41) is 2.95. The maximum absolute atomic E-state index is 11.7. The summed E-state index contributed by atoms with van der Waals surface area (Å²) >= 11 is 0. The Morgan fingerprint density at radius 2 is 1.89 bits per heavy atom. The first-order valence-corrected chi connectivity index (χ1v) is 6.89. The smallest absolute Gasteiger partial charge is 0.220 e. The monoisotopic (exact) mass is 257 g/mol. The van der Waals surface area contributed by atoms with Gasteiger partial charge in [0.1, 0.15) is 0 Å². The zero-order valence-electron chi connectivity index (χ0n) is 12.8. The fourth-order valence-corrected chi connectivity index (χ4v) is 2.02. The normalized spacial score (nSPS) is 13.7. The second-order valence-electron chi connectivity index (χ2n) is 6.33. The predicted octanol–water partition coefficient (Wildman–Crippen LogP) is 1.46. The number of nitrogens with two attached hydrogens (primary N) is 1. The van der Waals surface area contributed by atoms with E-state index in [0.717, 1.165) is 25.9 Å². The van der Waals surface area contributed by atoms with Gasteiger partial charge in [-0.25, -0.2) is 0 Å². The van der Waals surface area contributed by atoms with E-state index in [4.69, 9.17) is 5.73 Å². The molecule has 18 heavy (non-hydrogen) atoms. The summed E-state index contributed by atoms with van der Waals surface area (Å²) in [4.78, 5) is 13.8. The molecule has 1 atom stereocenters. The van der Waals surface area contributed by atoms with E-state index in [-0.39, 0.29) is 11.3 Å². The van der Waals surface area contributed by atoms with Crippen molar-refractivity contribution < 1.29 is 4.79 Å². The second-order valence-corrected chi connectivity index (χ2v) is 6.33. The van der Waals surface area contributed by atoms with Crippen LogP contribution in [0.5, 0.6) is 0 Å². The van der Waals surface area contributed by atoms with Crippen LogP contribution < -0.4 is 11.1 Å². The first-order valence-electron chi connectivity index (χ1n) is 6.89. The molecule has 1 unspecified atom stereocenters. The van der Waals surface area contributed by atoms with Crippen molar-refractivity contribution in [2.75, 3.05) is 33.7 Å². The fraction of sp³-hybridized carbons (Fsp3) is 0.929. The lowest BCUT2D eigenvalue weighted by molar-refractivity contribution is -0.121. The highest BCUT2D eigenvalue weighted by molar-refractivity contribution is 5.75. The van der Waals surface area contributed by atoms with Crippen molar-refractivity contribution in [3.05, 3.63) is 0 Å². The minimum absolute atomic E-state index is 0.156. The summed E-state index contributed by atoms with van der Waals surface area (Å²) in [7, 11) is 4.01. The Hall–Kier alpha value is -0.610. The quantitative estimate of drug-likeness (QED) is 0.692. The van der Waals surface area contributed by atoms with Gasteiger partial charge in [0.2, 0.25) is 5.91 Å². The summed E-state index contributed by atoms with van der Waals surface area (Å²) in [6, 6.07) is 0. The Bertz CT molecular complexity index is 234. The van der Waals surface area contributed by atoms with Gasteiger partial charge >= 0.3 is 0 Å². The van der Waals surface area contributed by atoms with Crippen LogP contribution in [-0.4, -0.2) is 44.5 Å². The molecule has 0 aromatic heterocycles. The molecule has 0 spiro atoms. The molecule has 0 aromatic rings. The topological polar surface area (TPSA) is 58.4 Å². The maximum Gasteiger partial charge on any atom is 0.220 e. The molecule has 0 rings (SSSR count). The Morgan fingerprint density at radius 3 is 2.33 bits per heavy atom. The van der Waals surface area contributed by atoms with Crippen molar-refractivity contribution in [1.82, 2.24) is 10.2 Å². The zero-order chi connectivity index (χ0) is 14.2. The summed E-state index contributed by atoms with van der Waals surface area (Å²) in [6.45, 7) is 8.97. The summed E-state index contributed by atoms with van der Waals surface area (Å²) < 4.78 is 0. The van der Waals surface area contributed by atoms with Crippen molar-refractivity contribution in [3.8, 4) is 0 Å². The van der Waals surface area contributed by atoms with Gasteiger partial charge in [-0.05, 0) is 44.8 Å². The lowest BCUT2D eigenvalue weighted by atomic mass is 9.76. The van der Waals surface area contributed by atoms with Gasteiger partial charge in [-0.2, -0.15) is 0 Å². The van der Waals surface area contributed by atoms with Gasteiger partial charge < -0.3 is 16.0 Å². The van der Waals surface area contributed by atoms with Gasteiger partial charge in [-0.15, -0.1) is 0 Å². The number of amides is 1. The molecular formula is C14H31N3O. The minimum atomic E-state index is 0.156. The largest absolute Gasteiger partial charge is 0.355 e. The molecule has 0 bridgehead atoms. The first-order chi connectivity index (χ1) is 8.27. The predicted molar refractivity (Wildman–Crippen MR) is 77.4 cm³/mol. The molecule has 1 amide bonds. The molecule has 0 radical (unpaired) electrons. The van der Waals surface area contributed by atoms with Gasteiger partial charge in [-0.3, -0.25) is 4.79 Å². The van der Waals surface area contributed by atoms with Crippen molar-refractivity contribution >= 4 is 5.91 Å². The fourth-order valence-electron chi connectivity index (χ4n) is 2.02. The SMILES string of the molecule is CN(C)CCNC(=O)CCC(CCN)C(C)(C)C. The third kappa shape index (κ3) is 8.48. The van der Waals surface area contributed by atoms with E-state index in [1.54, 1.807) is 0 Å². The van der Waals surface area contributed by atoms with Crippen molar-refractivity contribution in [3.63, 3.8) is 0 Å². The van der Waals surface area contributed by atoms with Crippen LogP contribution in [0.3, 0.4) is 0 Å². The van der Waals surface area contributed by atoms with E-state index in [0.29, 0.717) is 18.9 Å². The van der Waals surface area contributed by atoms with Crippen LogP contribution >= 0.6 is 0 Å². The highest BCUT2D eigenvalue weighted by atomic mass is 16.1. The maximum atomic E-state index is 11.7. The van der Waals surface area contributed by atoms with E-state index in [1.165, 1.54) is 0 Å². The standard InChI is InChI=1S/C14H31N3O/c1-14(2,3)12(8-9-15)6-7-13(18)16-10-11-17(4)5/h12H,6-11,15H2,1-5H3,(H,16,18). The van der Waals surface area contributed by atoms with Crippen LogP contribution in [0.15, 0.2) is 0 Å². The van der Waals surface area contributed by atoms with Gasteiger partial charge in [0.15, 0.2) is 0 Å². The molecule has 0 saturated carbocycles. The molecule has 0 aliphatic rings. The van der Waals surface area contributed by atoms with Crippen LogP contribution in [0.1, 0.15) is 40.0 Å². The van der Waals surface area contributed by atoms with Gasteiger partial charge in [-0.1, -0.05) is 20.8 Å². The summed E-state index contributed by atoms with van der Waals surface area (Å²) in [6.07, 6.45) is 2.53. The number of carbonyl (C=O) groups is 1. The van der Waals surface area contributed by atoms with Gasteiger partial charge in [0, 0.05) is 19.5 Å². The number of carbonyl (C=O) groups excluding carboxylic acids is 1. The number of hydrogen-bond donors (Lipinski definition) is 2. The van der Waals surface area contributed by atoms with E-state index >= 15 is 0 Å². The van der Waals surface area contributed by atoms with Crippen LogP contribution in [0.2, 0.25) is 0 Å². The Morgan fingerprint density at radius 1 is 1.28 bits per heavy atom.